The number of nitrogen functional groups attached to an aromatic ring is 1. The predicted octanol–water partition coefficient (Wildman–Crippen LogP) is 0.233. The van der Waals surface area contributed by atoms with E-state index in [1.165, 1.54) is 4.68 Å². The van der Waals surface area contributed by atoms with E-state index >= 15 is 0 Å². The van der Waals surface area contributed by atoms with Crippen LogP contribution in [-0.4, -0.2) is 21.7 Å². The first kappa shape index (κ1) is 9.21. The van der Waals surface area contributed by atoms with E-state index in [2.05, 4.69) is 5.10 Å². The third-order valence-electron chi connectivity index (χ3n) is 2.72. The van der Waals surface area contributed by atoms with E-state index in [1.54, 1.807) is 12.3 Å². The summed E-state index contributed by atoms with van der Waals surface area (Å²) < 4.78 is 1.30. The average molecular weight is 194 g/mol. The van der Waals surface area contributed by atoms with Crippen molar-refractivity contribution in [2.75, 3.05) is 5.73 Å². The van der Waals surface area contributed by atoms with Gasteiger partial charge in [-0.05, 0) is 12.8 Å². The SMILES string of the molecule is Nc1ccn(C(=O)C2CCCC2N)n1. The zero-order valence-electron chi connectivity index (χ0n) is 7.89. The number of nitrogens with zero attached hydrogens (tertiary/aromatic N) is 2. The monoisotopic (exact) mass is 194 g/mol. The molecule has 1 aliphatic carbocycles. The Morgan fingerprint density at radius 1 is 1.57 bits per heavy atom. The number of carbonyl (C=O) groups is 1. The normalized spacial score (nSPS) is 26.6. The molecule has 1 fully saturated rings. The average Bonchev–Trinajstić information content (AvgIpc) is 2.73. The van der Waals surface area contributed by atoms with Crippen molar-refractivity contribution in [2.24, 2.45) is 11.7 Å². The Morgan fingerprint density at radius 3 is 2.86 bits per heavy atom. The van der Waals surface area contributed by atoms with Crippen molar-refractivity contribution in [3.8, 4) is 0 Å². The molecule has 0 radical (unpaired) electrons. The zero-order chi connectivity index (χ0) is 10.1. The largest absolute Gasteiger partial charge is 0.382 e. The van der Waals surface area contributed by atoms with Crippen molar-refractivity contribution in [1.82, 2.24) is 9.78 Å². The van der Waals surface area contributed by atoms with Gasteiger partial charge in [-0.3, -0.25) is 4.79 Å². The fourth-order valence-corrected chi connectivity index (χ4v) is 1.93. The summed E-state index contributed by atoms with van der Waals surface area (Å²) in [5, 5.41) is 3.88. The molecule has 1 aliphatic rings. The molecule has 0 spiro atoms. The van der Waals surface area contributed by atoms with Crippen LogP contribution in [0, 0.1) is 5.92 Å². The summed E-state index contributed by atoms with van der Waals surface area (Å²) in [5.41, 5.74) is 11.3. The minimum Gasteiger partial charge on any atom is -0.382 e. The van der Waals surface area contributed by atoms with E-state index in [1.807, 2.05) is 0 Å². The van der Waals surface area contributed by atoms with Crippen LogP contribution in [0.15, 0.2) is 12.3 Å². The quantitative estimate of drug-likeness (QED) is 0.670. The van der Waals surface area contributed by atoms with Crippen molar-refractivity contribution >= 4 is 11.7 Å². The smallest absolute Gasteiger partial charge is 0.251 e. The first-order chi connectivity index (χ1) is 6.68. The Kier molecular flexibility index (Phi) is 2.25. The fraction of sp³-hybridized carbons (Fsp3) is 0.556. The van der Waals surface area contributed by atoms with E-state index in [9.17, 15) is 4.79 Å². The van der Waals surface area contributed by atoms with E-state index < -0.39 is 0 Å². The minimum atomic E-state index is -0.0886. The molecule has 5 nitrogen and oxygen atoms in total. The van der Waals surface area contributed by atoms with Crippen LogP contribution in [0.25, 0.3) is 0 Å². The lowest BCUT2D eigenvalue weighted by molar-refractivity contribution is 0.0810. The van der Waals surface area contributed by atoms with Gasteiger partial charge in [0, 0.05) is 18.3 Å². The topological polar surface area (TPSA) is 86.9 Å². The van der Waals surface area contributed by atoms with Crippen molar-refractivity contribution in [3.05, 3.63) is 12.3 Å². The lowest BCUT2D eigenvalue weighted by atomic mass is 10.0. The van der Waals surface area contributed by atoms with Gasteiger partial charge in [0.1, 0.15) is 5.82 Å². The molecule has 0 aliphatic heterocycles. The number of anilines is 1. The highest BCUT2D eigenvalue weighted by atomic mass is 16.2. The summed E-state index contributed by atoms with van der Waals surface area (Å²) in [4.78, 5) is 11.8. The fourth-order valence-electron chi connectivity index (χ4n) is 1.93. The van der Waals surface area contributed by atoms with Crippen LogP contribution in [-0.2, 0) is 0 Å². The molecule has 0 bridgehead atoms. The molecule has 2 unspecified atom stereocenters. The molecule has 1 aromatic heterocycles. The van der Waals surface area contributed by atoms with Gasteiger partial charge in [-0.25, -0.2) is 4.68 Å². The molecule has 76 valence electrons. The number of hydrogen-bond acceptors (Lipinski definition) is 4. The number of nitrogens with two attached hydrogens (primary N) is 2. The maximum Gasteiger partial charge on any atom is 0.251 e. The first-order valence-electron chi connectivity index (χ1n) is 4.79. The highest BCUT2D eigenvalue weighted by molar-refractivity contribution is 5.81. The predicted molar refractivity (Wildman–Crippen MR) is 52.6 cm³/mol. The van der Waals surface area contributed by atoms with Gasteiger partial charge in [-0.15, -0.1) is 5.10 Å². The Labute approximate surface area is 82.1 Å². The van der Waals surface area contributed by atoms with Gasteiger partial charge in [0.05, 0.1) is 5.92 Å². The number of rotatable bonds is 1. The van der Waals surface area contributed by atoms with Gasteiger partial charge in [0.2, 0.25) is 0 Å². The van der Waals surface area contributed by atoms with Crippen molar-refractivity contribution in [1.29, 1.82) is 0 Å². The van der Waals surface area contributed by atoms with Crippen LogP contribution >= 0.6 is 0 Å². The third kappa shape index (κ3) is 1.50. The number of hydrogen-bond donors (Lipinski definition) is 2. The van der Waals surface area contributed by atoms with Crippen LogP contribution in [0.5, 0.6) is 0 Å². The van der Waals surface area contributed by atoms with Crippen LogP contribution in [0.2, 0.25) is 0 Å². The lowest BCUT2D eigenvalue weighted by Crippen LogP contribution is -2.34. The molecule has 0 aromatic carbocycles. The molecule has 0 saturated heterocycles. The second-order valence-corrected chi connectivity index (χ2v) is 3.72. The van der Waals surface area contributed by atoms with Gasteiger partial charge >= 0.3 is 0 Å². The van der Waals surface area contributed by atoms with Gasteiger partial charge < -0.3 is 11.5 Å². The molecule has 2 rings (SSSR count). The minimum absolute atomic E-state index is 0.0204. The highest BCUT2D eigenvalue weighted by Gasteiger charge is 2.31. The molecule has 5 heteroatoms. The van der Waals surface area contributed by atoms with Crippen LogP contribution in [0.1, 0.15) is 24.1 Å². The molecule has 14 heavy (non-hydrogen) atoms. The summed E-state index contributed by atoms with van der Waals surface area (Å²) in [6.07, 6.45) is 4.39. The number of carbonyl (C=O) groups excluding carboxylic acids is 1. The Bertz CT molecular complexity index is 346. The molecular formula is C9H14N4O. The molecular weight excluding hydrogens is 180 g/mol. The van der Waals surface area contributed by atoms with Crippen LogP contribution in [0.3, 0.4) is 0 Å². The molecule has 2 atom stereocenters. The molecule has 1 saturated carbocycles. The Balaban J connectivity index is 2.15. The Hall–Kier alpha value is -1.36. The van der Waals surface area contributed by atoms with Crippen LogP contribution in [0.4, 0.5) is 5.82 Å². The molecule has 1 heterocycles. The summed E-state index contributed by atoms with van der Waals surface area (Å²) in [7, 11) is 0. The van der Waals surface area contributed by atoms with Crippen molar-refractivity contribution in [2.45, 2.75) is 25.3 Å². The summed E-state index contributed by atoms with van der Waals surface area (Å²) in [6.45, 7) is 0. The maximum absolute atomic E-state index is 11.8. The van der Waals surface area contributed by atoms with Gasteiger partial charge in [-0.2, -0.15) is 0 Å². The van der Waals surface area contributed by atoms with Crippen molar-refractivity contribution < 1.29 is 4.79 Å². The van der Waals surface area contributed by atoms with E-state index in [0.717, 1.165) is 19.3 Å². The van der Waals surface area contributed by atoms with E-state index in [4.69, 9.17) is 11.5 Å². The number of aromatic nitrogens is 2. The van der Waals surface area contributed by atoms with Gasteiger partial charge in [0.25, 0.3) is 5.91 Å². The highest BCUT2D eigenvalue weighted by Crippen LogP contribution is 2.25. The van der Waals surface area contributed by atoms with Gasteiger partial charge in [0.15, 0.2) is 0 Å². The van der Waals surface area contributed by atoms with E-state index in [-0.39, 0.29) is 17.9 Å². The molecule has 4 N–H and O–H groups in total. The lowest BCUT2D eigenvalue weighted by Gasteiger charge is -2.12. The van der Waals surface area contributed by atoms with Gasteiger partial charge in [-0.1, -0.05) is 6.42 Å². The summed E-state index contributed by atoms with van der Waals surface area (Å²) in [5.74, 6) is 0.242. The maximum atomic E-state index is 11.8. The molecule has 0 amide bonds. The summed E-state index contributed by atoms with van der Waals surface area (Å²) in [6, 6.07) is 1.59. The second-order valence-electron chi connectivity index (χ2n) is 3.72. The van der Waals surface area contributed by atoms with Crippen molar-refractivity contribution in [3.63, 3.8) is 0 Å². The van der Waals surface area contributed by atoms with Crippen LogP contribution < -0.4 is 11.5 Å². The first-order valence-corrected chi connectivity index (χ1v) is 4.79. The standard InChI is InChI=1S/C9H14N4O/c10-7-3-1-2-6(7)9(14)13-5-4-8(11)12-13/h4-7H,1-3,10H2,(H2,11,12). The molecule has 1 aromatic rings. The Morgan fingerprint density at radius 2 is 2.36 bits per heavy atom. The zero-order valence-corrected chi connectivity index (χ0v) is 7.89. The third-order valence-corrected chi connectivity index (χ3v) is 2.72. The second kappa shape index (κ2) is 3.42. The summed E-state index contributed by atoms with van der Waals surface area (Å²) >= 11 is 0. The van der Waals surface area contributed by atoms with E-state index in [0.29, 0.717) is 5.82 Å².